The average Bonchev–Trinajstić information content (AvgIpc) is 2.82. The molecule has 1 fully saturated rings. The van der Waals surface area contributed by atoms with Gasteiger partial charge in [0.15, 0.2) is 0 Å². The Kier molecular flexibility index (Phi) is 3.97. The maximum absolute atomic E-state index is 9.41. The summed E-state index contributed by atoms with van der Waals surface area (Å²) >= 11 is 0. The molecule has 2 heterocycles. The molecule has 0 spiro atoms. The smallest absolute Gasteiger partial charge is 0.128 e. The lowest BCUT2D eigenvalue weighted by Crippen LogP contribution is -2.29. The first kappa shape index (κ1) is 12.3. The molecule has 17 heavy (non-hydrogen) atoms. The fourth-order valence-electron chi connectivity index (χ4n) is 2.06. The number of hydrogen-bond acceptors (Lipinski definition) is 4. The van der Waals surface area contributed by atoms with E-state index in [9.17, 15) is 5.11 Å². The molecule has 0 bridgehead atoms. The van der Waals surface area contributed by atoms with Crippen LogP contribution >= 0.6 is 0 Å². The number of hydrogen-bond donors (Lipinski definition) is 1. The SMILES string of the molecule is CC(O)c1ccc(N(C)CC2CCCO2)nc1. The lowest BCUT2D eigenvalue weighted by molar-refractivity contribution is 0.116. The minimum atomic E-state index is -0.458. The van der Waals surface area contributed by atoms with Crippen LogP contribution in [0.15, 0.2) is 18.3 Å². The van der Waals surface area contributed by atoms with Crippen molar-refractivity contribution in [2.75, 3.05) is 25.1 Å². The summed E-state index contributed by atoms with van der Waals surface area (Å²) in [5.41, 5.74) is 0.847. The number of aliphatic hydroxyl groups excluding tert-OH is 1. The van der Waals surface area contributed by atoms with Crippen LogP contribution in [-0.4, -0.2) is 36.4 Å². The van der Waals surface area contributed by atoms with Gasteiger partial charge in [-0.1, -0.05) is 6.07 Å². The Balaban J connectivity index is 1.96. The lowest BCUT2D eigenvalue weighted by atomic mass is 10.2. The first-order valence-electron chi connectivity index (χ1n) is 6.13. The van der Waals surface area contributed by atoms with Crippen molar-refractivity contribution in [1.82, 2.24) is 4.98 Å². The summed E-state index contributed by atoms with van der Waals surface area (Å²) in [6, 6.07) is 3.86. The second kappa shape index (κ2) is 5.47. The third-order valence-corrected chi connectivity index (χ3v) is 3.15. The molecule has 4 heteroatoms. The highest BCUT2D eigenvalue weighted by atomic mass is 16.5. The molecule has 0 saturated carbocycles. The summed E-state index contributed by atoms with van der Waals surface area (Å²) in [5.74, 6) is 0.921. The van der Waals surface area contributed by atoms with E-state index in [0.717, 1.165) is 37.4 Å². The van der Waals surface area contributed by atoms with Crippen LogP contribution in [0.2, 0.25) is 0 Å². The number of aliphatic hydroxyl groups is 1. The normalized spacial score (nSPS) is 21.5. The number of pyridine rings is 1. The van der Waals surface area contributed by atoms with Gasteiger partial charge in [0.25, 0.3) is 0 Å². The zero-order valence-electron chi connectivity index (χ0n) is 10.5. The summed E-state index contributed by atoms with van der Waals surface area (Å²) in [4.78, 5) is 6.45. The van der Waals surface area contributed by atoms with Gasteiger partial charge in [-0.05, 0) is 31.4 Å². The Labute approximate surface area is 102 Å². The third-order valence-electron chi connectivity index (χ3n) is 3.15. The molecule has 1 aromatic rings. The molecule has 4 nitrogen and oxygen atoms in total. The molecular formula is C13H20N2O2. The molecule has 1 aliphatic rings. The maximum Gasteiger partial charge on any atom is 0.128 e. The second-order valence-electron chi connectivity index (χ2n) is 4.64. The van der Waals surface area contributed by atoms with Crippen LogP contribution in [0.25, 0.3) is 0 Å². The summed E-state index contributed by atoms with van der Waals surface area (Å²) < 4.78 is 5.60. The van der Waals surface area contributed by atoms with E-state index in [2.05, 4.69) is 9.88 Å². The summed E-state index contributed by atoms with van der Waals surface area (Å²) in [5, 5.41) is 9.41. The zero-order valence-corrected chi connectivity index (χ0v) is 10.5. The number of aromatic nitrogens is 1. The number of nitrogens with zero attached hydrogens (tertiary/aromatic N) is 2. The van der Waals surface area contributed by atoms with Crippen molar-refractivity contribution < 1.29 is 9.84 Å². The predicted octanol–water partition coefficient (Wildman–Crippen LogP) is 1.75. The molecule has 0 aromatic carbocycles. The van der Waals surface area contributed by atoms with Crippen LogP contribution in [0.5, 0.6) is 0 Å². The van der Waals surface area contributed by atoms with Crippen LogP contribution in [0, 0.1) is 0 Å². The quantitative estimate of drug-likeness (QED) is 0.865. The summed E-state index contributed by atoms with van der Waals surface area (Å²) in [6.07, 6.45) is 3.90. The van der Waals surface area contributed by atoms with Gasteiger partial charge in [-0.3, -0.25) is 0 Å². The molecule has 0 amide bonds. The van der Waals surface area contributed by atoms with E-state index in [1.807, 2.05) is 19.2 Å². The fourth-order valence-corrected chi connectivity index (χ4v) is 2.06. The number of ether oxygens (including phenoxy) is 1. The van der Waals surface area contributed by atoms with Gasteiger partial charge < -0.3 is 14.7 Å². The van der Waals surface area contributed by atoms with Crippen molar-refractivity contribution in [3.63, 3.8) is 0 Å². The number of anilines is 1. The van der Waals surface area contributed by atoms with Gasteiger partial charge in [0.05, 0.1) is 12.2 Å². The van der Waals surface area contributed by atoms with E-state index in [1.165, 1.54) is 0 Å². The Morgan fingerprint density at radius 3 is 2.94 bits per heavy atom. The first-order valence-corrected chi connectivity index (χ1v) is 6.13. The van der Waals surface area contributed by atoms with Crippen LogP contribution in [-0.2, 0) is 4.74 Å². The highest BCUT2D eigenvalue weighted by Crippen LogP contribution is 2.18. The monoisotopic (exact) mass is 236 g/mol. The van der Waals surface area contributed by atoms with Gasteiger partial charge in [0.2, 0.25) is 0 Å². The largest absolute Gasteiger partial charge is 0.389 e. The van der Waals surface area contributed by atoms with Crippen LogP contribution in [0.3, 0.4) is 0 Å². The van der Waals surface area contributed by atoms with Crippen LogP contribution < -0.4 is 4.90 Å². The van der Waals surface area contributed by atoms with Crippen molar-refractivity contribution in [3.05, 3.63) is 23.9 Å². The Bertz CT molecular complexity index is 345. The van der Waals surface area contributed by atoms with Gasteiger partial charge in [0, 0.05) is 26.4 Å². The summed E-state index contributed by atoms with van der Waals surface area (Å²) in [7, 11) is 2.02. The standard InChI is InChI=1S/C13H20N2O2/c1-10(16)11-5-6-13(14-8-11)15(2)9-12-4-3-7-17-12/h5-6,8,10,12,16H,3-4,7,9H2,1-2H3. The van der Waals surface area contributed by atoms with Crippen molar-refractivity contribution in [3.8, 4) is 0 Å². The molecule has 1 aliphatic heterocycles. The predicted molar refractivity (Wildman–Crippen MR) is 67.1 cm³/mol. The van der Waals surface area contributed by atoms with Crippen molar-refractivity contribution in [2.24, 2.45) is 0 Å². The molecule has 1 aromatic heterocycles. The fraction of sp³-hybridized carbons (Fsp3) is 0.615. The van der Waals surface area contributed by atoms with Gasteiger partial charge in [-0.25, -0.2) is 4.98 Å². The third kappa shape index (κ3) is 3.17. The number of rotatable bonds is 4. The summed E-state index contributed by atoms with van der Waals surface area (Å²) in [6.45, 7) is 3.50. The molecule has 2 atom stereocenters. The molecule has 2 unspecified atom stereocenters. The van der Waals surface area contributed by atoms with Crippen LogP contribution in [0.1, 0.15) is 31.4 Å². The Morgan fingerprint density at radius 2 is 2.41 bits per heavy atom. The minimum absolute atomic E-state index is 0.332. The Hall–Kier alpha value is -1.13. The van der Waals surface area contributed by atoms with E-state index in [0.29, 0.717) is 6.10 Å². The van der Waals surface area contributed by atoms with Crippen LogP contribution in [0.4, 0.5) is 5.82 Å². The molecule has 1 saturated heterocycles. The van der Waals surface area contributed by atoms with E-state index in [1.54, 1.807) is 13.1 Å². The molecule has 1 N–H and O–H groups in total. The number of likely N-dealkylation sites (N-methyl/N-ethyl adjacent to an activating group) is 1. The van der Waals surface area contributed by atoms with E-state index >= 15 is 0 Å². The van der Waals surface area contributed by atoms with Gasteiger partial charge in [-0.2, -0.15) is 0 Å². The first-order chi connectivity index (χ1) is 8.16. The van der Waals surface area contributed by atoms with Gasteiger partial charge in [0.1, 0.15) is 5.82 Å². The average molecular weight is 236 g/mol. The highest BCUT2D eigenvalue weighted by Gasteiger charge is 2.18. The highest BCUT2D eigenvalue weighted by molar-refractivity contribution is 5.38. The van der Waals surface area contributed by atoms with E-state index in [4.69, 9.17) is 4.74 Å². The molecule has 2 rings (SSSR count). The molecule has 0 radical (unpaired) electrons. The van der Waals surface area contributed by atoms with Gasteiger partial charge in [-0.15, -0.1) is 0 Å². The lowest BCUT2D eigenvalue weighted by Gasteiger charge is -2.21. The van der Waals surface area contributed by atoms with Crippen molar-refractivity contribution in [1.29, 1.82) is 0 Å². The van der Waals surface area contributed by atoms with E-state index in [-0.39, 0.29) is 0 Å². The molecule has 94 valence electrons. The van der Waals surface area contributed by atoms with Crippen molar-refractivity contribution in [2.45, 2.75) is 32.0 Å². The molecular weight excluding hydrogens is 216 g/mol. The maximum atomic E-state index is 9.41. The zero-order chi connectivity index (χ0) is 12.3. The topological polar surface area (TPSA) is 45.6 Å². The Morgan fingerprint density at radius 1 is 1.59 bits per heavy atom. The van der Waals surface area contributed by atoms with Gasteiger partial charge >= 0.3 is 0 Å². The molecule has 0 aliphatic carbocycles. The van der Waals surface area contributed by atoms with Crippen molar-refractivity contribution >= 4 is 5.82 Å². The van der Waals surface area contributed by atoms with E-state index < -0.39 is 6.10 Å². The second-order valence-corrected chi connectivity index (χ2v) is 4.64. The minimum Gasteiger partial charge on any atom is -0.389 e.